The summed E-state index contributed by atoms with van der Waals surface area (Å²) in [5, 5.41) is 2.70. The van der Waals surface area contributed by atoms with Gasteiger partial charge in [-0.15, -0.1) is 0 Å². The van der Waals surface area contributed by atoms with E-state index in [0.29, 0.717) is 31.9 Å². The van der Waals surface area contributed by atoms with Crippen LogP contribution in [0.5, 0.6) is 11.5 Å². The SMILES string of the molecule is COc1cc(C(=O)Nc2cccc(S(=O)(=O)N3CCN(C)CC3)c2)ccc1OCC(N)=O. The number of methoxy groups -OCH3 is 1. The first-order chi connectivity index (χ1) is 15.2. The largest absolute Gasteiger partial charge is 0.493 e. The number of likely N-dealkylation sites (N-methyl/N-ethyl adjacent to an activating group) is 1. The summed E-state index contributed by atoms with van der Waals surface area (Å²) in [5.74, 6) is -0.576. The van der Waals surface area contributed by atoms with E-state index >= 15 is 0 Å². The zero-order chi connectivity index (χ0) is 23.3. The van der Waals surface area contributed by atoms with E-state index in [4.69, 9.17) is 15.2 Å². The van der Waals surface area contributed by atoms with Gasteiger partial charge in [0.05, 0.1) is 12.0 Å². The zero-order valence-corrected chi connectivity index (χ0v) is 18.7. The van der Waals surface area contributed by atoms with Gasteiger partial charge in [0.15, 0.2) is 18.1 Å². The molecule has 11 heteroatoms. The summed E-state index contributed by atoms with van der Waals surface area (Å²) in [7, 11) is -0.303. The van der Waals surface area contributed by atoms with E-state index in [-0.39, 0.29) is 28.6 Å². The monoisotopic (exact) mass is 462 g/mol. The minimum atomic E-state index is -3.66. The normalized spacial score (nSPS) is 15.2. The van der Waals surface area contributed by atoms with E-state index in [0.717, 1.165) is 0 Å². The van der Waals surface area contributed by atoms with Gasteiger partial charge >= 0.3 is 0 Å². The van der Waals surface area contributed by atoms with E-state index in [9.17, 15) is 18.0 Å². The molecule has 1 aliphatic rings. The van der Waals surface area contributed by atoms with Gasteiger partial charge in [-0.1, -0.05) is 6.07 Å². The van der Waals surface area contributed by atoms with Gasteiger partial charge in [0.2, 0.25) is 10.0 Å². The first kappa shape index (κ1) is 23.5. The molecule has 0 unspecified atom stereocenters. The summed E-state index contributed by atoms with van der Waals surface area (Å²) < 4.78 is 37.8. The van der Waals surface area contributed by atoms with Crippen molar-refractivity contribution in [3.63, 3.8) is 0 Å². The number of anilines is 1. The number of nitrogens with zero attached hydrogens (tertiary/aromatic N) is 2. The fourth-order valence-corrected chi connectivity index (χ4v) is 4.66. The lowest BCUT2D eigenvalue weighted by Gasteiger charge is -2.31. The summed E-state index contributed by atoms with van der Waals surface area (Å²) >= 11 is 0. The topological polar surface area (TPSA) is 131 Å². The van der Waals surface area contributed by atoms with Crippen molar-refractivity contribution in [3.8, 4) is 11.5 Å². The molecule has 2 amide bonds. The van der Waals surface area contributed by atoms with Crippen LogP contribution in [-0.2, 0) is 14.8 Å². The summed E-state index contributed by atoms with van der Waals surface area (Å²) in [4.78, 5) is 25.8. The third-order valence-corrected chi connectivity index (χ3v) is 6.88. The number of carbonyl (C=O) groups is 2. The van der Waals surface area contributed by atoms with Gasteiger partial charge in [0.25, 0.3) is 11.8 Å². The van der Waals surface area contributed by atoms with Crippen molar-refractivity contribution < 1.29 is 27.5 Å². The number of amides is 2. The van der Waals surface area contributed by atoms with Crippen molar-refractivity contribution in [3.05, 3.63) is 48.0 Å². The average Bonchev–Trinajstić information content (AvgIpc) is 2.78. The molecule has 3 rings (SSSR count). The third-order valence-electron chi connectivity index (χ3n) is 4.99. The molecule has 0 radical (unpaired) electrons. The molecule has 0 aromatic heterocycles. The highest BCUT2D eigenvalue weighted by atomic mass is 32.2. The summed E-state index contributed by atoms with van der Waals surface area (Å²) in [5.41, 5.74) is 5.69. The molecule has 1 heterocycles. The lowest BCUT2D eigenvalue weighted by Crippen LogP contribution is -2.47. The first-order valence-corrected chi connectivity index (χ1v) is 11.3. The van der Waals surface area contributed by atoms with Crippen molar-refractivity contribution >= 4 is 27.5 Å². The van der Waals surface area contributed by atoms with Crippen LogP contribution in [0.3, 0.4) is 0 Å². The second-order valence-electron chi connectivity index (χ2n) is 7.31. The van der Waals surface area contributed by atoms with Crippen molar-refractivity contribution in [2.24, 2.45) is 5.73 Å². The molecule has 0 aliphatic carbocycles. The molecule has 1 saturated heterocycles. The van der Waals surface area contributed by atoms with E-state index in [1.807, 2.05) is 7.05 Å². The number of hydrogen-bond acceptors (Lipinski definition) is 7. The Morgan fingerprint density at radius 1 is 1.06 bits per heavy atom. The molecule has 2 aromatic carbocycles. The Morgan fingerprint density at radius 2 is 1.78 bits per heavy atom. The van der Waals surface area contributed by atoms with Crippen LogP contribution in [-0.4, -0.2) is 76.4 Å². The molecule has 10 nitrogen and oxygen atoms in total. The third kappa shape index (κ3) is 5.55. The lowest BCUT2D eigenvalue weighted by molar-refractivity contribution is -0.119. The molecular weight excluding hydrogens is 436 g/mol. The number of primary amides is 1. The maximum atomic E-state index is 13.0. The quantitative estimate of drug-likeness (QED) is 0.592. The molecule has 32 heavy (non-hydrogen) atoms. The summed E-state index contributed by atoms with van der Waals surface area (Å²) in [6, 6.07) is 10.6. The molecule has 2 aromatic rings. The second-order valence-corrected chi connectivity index (χ2v) is 9.25. The minimum Gasteiger partial charge on any atom is -0.493 e. The lowest BCUT2D eigenvalue weighted by atomic mass is 10.2. The highest BCUT2D eigenvalue weighted by molar-refractivity contribution is 7.89. The average molecular weight is 463 g/mol. The van der Waals surface area contributed by atoms with E-state index < -0.39 is 21.8 Å². The molecule has 1 aliphatic heterocycles. The zero-order valence-electron chi connectivity index (χ0n) is 17.9. The van der Waals surface area contributed by atoms with E-state index in [2.05, 4.69) is 10.2 Å². The van der Waals surface area contributed by atoms with Gasteiger partial charge in [-0.25, -0.2) is 8.42 Å². The first-order valence-electron chi connectivity index (χ1n) is 9.90. The van der Waals surface area contributed by atoms with Gasteiger partial charge in [-0.3, -0.25) is 9.59 Å². The Hall–Kier alpha value is -3.15. The van der Waals surface area contributed by atoms with E-state index in [1.165, 1.54) is 41.7 Å². The maximum absolute atomic E-state index is 13.0. The predicted molar refractivity (Wildman–Crippen MR) is 118 cm³/mol. The molecule has 0 bridgehead atoms. The summed E-state index contributed by atoms with van der Waals surface area (Å²) in [6.07, 6.45) is 0. The standard InChI is InChI=1S/C21H26N4O6S/c1-24-8-10-25(11-9-24)32(28,29)17-5-3-4-16(13-17)23-21(27)15-6-7-18(19(12-15)30-2)31-14-20(22)26/h3-7,12-13H,8-11,14H2,1-2H3,(H2,22,26)(H,23,27). The van der Waals surface area contributed by atoms with Crippen LogP contribution < -0.4 is 20.5 Å². The molecule has 3 N–H and O–H groups in total. The van der Waals surface area contributed by atoms with Crippen LogP contribution in [0, 0.1) is 0 Å². The number of sulfonamides is 1. The number of rotatable bonds is 8. The van der Waals surface area contributed by atoms with Gasteiger partial charge in [-0.2, -0.15) is 4.31 Å². The number of nitrogens with two attached hydrogens (primary N) is 1. The predicted octanol–water partition coefficient (Wildman–Crippen LogP) is 0.748. The van der Waals surface area contributed by atoms with Crippen molar-refractivity contribution in [2.45, 2.75) is 4.90 Å². The van der Waals surface area contributed by atoms with Crippen LogP contribution in [0.1, 0.15) is 10.4 Å². The number of piperazine rings is 1. The Morgan fingerprint density at radius 3 is 2.44 bits per heavy atom. The minimum absolute atomic E-state index is 0.118. The van der Waals surface area contributed by atoms with Crippen molar-refractivity contribution in [1.82, 2.24) is 9.21 Å². The Kier molecular flexibility index (Phi) is 7.33. The highest BCUT2D eigenvalue weighted by Gasteiger charge is 2.27. The van der Waals surface area contributed by atoms with Gasteiger partial charge in [0, 0.05) is 37.4 Å². The molecule has 0 saturated carbocycles. The molecule has 0 spiro atoms. The Bertz CT molecular complexity index is 1100. The van der Waals surface area contributed by atoms with Crippen LogP contribution in [0.15, 0.2) is 47.4 Å². The number of ether oxygens (including phenoxy) is 2. The molecular formula is C21H26N4O6S. The van der Waals surface area contributed by atoms with Crippen molar-refractivity contribution in [1.29, 1.82) is 0 Å². The van der Waals surface area contributed by atoms with Gasteiger partial charge in [0.1, 0.15) is 0 Å². The number of carbonyl (C=O) groups excluding carboxylic acids is 2. The summed E-state index contributed by atoms with van der Waals surface area (Å²) in [6.45, 7) is 1.84. The van der Waals surface area contributed by atoms with Crippen LogP contribution >= 0.6 is 0 Å². The van der Waals surface area contributed by atoms with Crippen LogP contribution in [0.25, 0.3) is 0 Å². The fraction of sp³-hybridized carbons (Fsp3) is 0.333. The highest BCUT2D eigenvalue weighted by Crippen LogP contribution is 2.28. The molecule has 1 fully saturated rings. The van der Waals surface area contributed by atoms with Crippen LogP contribution in [0.2, 0.25) is 0 Å². The van der Waals surface area contributed by atoms with E-state index in [1.54, 1.807) is 12.1 Å². The number of nitrogens with one attached hydrogen (secondary N) is 1. The van der Waals surface area contributed by atoms with Gasteiger partial charge < -0.3 is 25.4 Å². The number of hydrogen-bond donors (Lipinski definition) is 2. The fourth-order valence-electron chi connectivity index (χ4n) is 3.19. The Balaban J connectivity index is 1.75. The second kappa shape index (κ2) is 9.98. The van der Waals surface area contributed by atoms with Crippen molar-refractivity contribution in [2.75, 3.05) is 52.3 Å². The molecule has 172 valence electrons. The van der Waals surface area contributed by atoms with Crippen LogP contribution in [0.4, 0.5) is 5.69 Å². The Labute approximate surface area is 186 Å². The molecule has 0 atom stereocenters. The maximum Gasteiger partial charge on any atom is 0.255 e. The van der Waals surface area contributed by atoms with Gasteiger partial charge in [-0.05, 0) is 43.4 Å². The smallest absolute Gasteiger partial charge is 0.255 e. The number of benzene rings is 2.